The summed E-state index contributed by atoms with van der Waals surface area (Å²) in [5, 5.41) is 7.19. The van der Waals surface area contributed by atoms with E-state index in [-0.39, 0.29) is 0 Å². The van der Waals surface area contributed by atoms with E-state index in [4.69, 9.17) is 13.0 Å². The van der Waals surface area contributed by atoms with Gasteiger partial charge in [-0.3, -0.25) is 4.48 Å². The minimum atomic E-state index is 0.654. The minimum Gasteiger partial charge on any atom is -0.319 e. The van der Waals surface area contributed by atoms with Gasteiger partial charge in [-0.2, -0.15) is 0 Å². The van der Waals surface area contributed by atoms with Gasteiger partial charge in [0.15, 0.2) is 0 Å². The van der Waals surface area contributed by atoms with Crippen molar-refractivity contribution in [1.29, 1.82) is 0 Å². The van der Waals surface area contributed by atoms with Gasteiger partial charge in [-0.05, 0) is 118 Å². The first-order valence-corrected chi connectivity index (χ1v) is 20.2. The van der Waals surface area contributed by atoms with E-state index >= 15 is 0 Å². The first kappa shape index (κ1) is 34.1. The first-order valence-electron chi connectivity index (χ1n) is 20.2. The van der Waals surface area contributed by atoms with Crippen LogP contribution in [0.3, 0.4) is 0 Å². The Morgan fingerprint density at radius 2 is 0.833 bits per heavy atom. The summed E-state index contributed by atoms with van der Waals surface area (Å²) in [7, 11) is 6.72. The highest BCUT2D eigenvalue weighted by Crippen LogP contribution is 2.35. The summed E-state index contributed by atoms with van der Waals surface area (Å²) < 4.78 is 6.35. The highest BCUT2D eigenvalue weighted by atomic mass is 15.0. The lowest BCUT2D eigenvalue weighted by atomic mass is 10.0. The van der Waals surface area contributed by atoms with Crippen molar-refractivity contribution in [1.82, 2.24) is 14.1 Å². The Balaban J connectivity index is 0.814. The molecule has 0 bridgehead atoms. The molecule has 278 valence electrons. The molecule has 4 aromatic heterocycles. The number of hydrogen-bond acceptors (Lipinski definition) is 1. The minimum absolute atomic E-state index is 0.654. The Kier molecular flexibility index (Phi) is 7.72. The first-order chi connectivity index (χ1) is 29.6. The number of para-hydroxylation sites is 4. The number of benzene rings is 8. The molecular weight excluding hydrogens is 729 g/mol. The molecule has 12 rings (SSSR count). The van der Waals surface area contributed by atoms with E-state index in [1.807, 2.05) is 12.1 Å². The molecule has 0 unspecified atom stereocenters. The van der Waals surface area contributed by atoms with Crippen molar-refractivity contribution in [3.8, 4) is 33.6 Å². The third-order valence-corrected chi connectivity index (χ3v) is 12.0. The molecule has 0 aliphatic carbocycles. The van der Waals surface area contributed by atoms with Crippen molar-refractivity contribution in [2.45, 2.75) is 0 Å². The molecule has 0 aliphatic heterocycles. The molecule has 2 radical (unpaired) electrons. The van der Waals surface area contributed by atoms with Crippen LogP contribution in [-0.2, 0) is 0 Å². The number of nitrogens with zero attached hydrogens (tertiary/aromatic N) is 4. The second-order valence-electron chi connectivity index (χ2n) is 15.4. The number of pyridine rings is 2. The summed E-state index contributed by atoms with van der Waals surface area (Å²) in [4.78, 5) is 8.45. The highest BCUT2D eigenvalue weighted by molar-refractivity contribution is 6.10. The van der Waals surface area contributed by atoms with Crippen molar-refractivity contribution in [2.75, 3.05) is 0 Å². The van der Waals surface area contributed by atoms with Gasteiger partial charge < -0.3 is 14.1 Å². The molecule has 5 nitrogen and oxygen atoms in total. The van der Waals surface area contributed by atoms with Crippen molar-refractivity contribution >= 4 is 79.2 Å². The molecular formula is C54H35BN5+. The topological polar surface area (TPSA) is 41.9 Å². The molecule has 1 N–H and O–H groups in total. The van der Waals surface area contributed by atoms with Gasteiger partial charge >= 0.3 is 13.8 Å². The summed E-state index contributed by atoms with van der Waals surface area (Å²) in [6.07, 6.45) is 0. The van der Waals surface area contributed by atoms with Crippen molar-refractivity contribution in [3.05, 3.63) is 212 Å². The van der Waals surface area contributed by atoms with Gasteiger partial charge in [-0.25, -0.2) is 0 Å². The van der Waals surface area contributed by atoms with Gasteiger partial charge in [0, 0.05) is 56.0 Å². The second kappa shape index (κ2) is 13.6. The van der Waals surface area contributed by atoms with Crippen LogP contribution in [0.4, 0.5) is 5.82 Å². The predicted molar refractivity (Wildman–Crippen MR) is 248 cm³/mol. The maximum absolute atomic E-state index is 6.72. The van der Waals surface area contributed by atoms with E-state index in [1.54, 1.807) is 4.48 Å². The monoisotopic (exact) mass is 764 g/mol. The summed E-state index contributed by atoms with van der Waals surface area (Å²) in [5.41, 5.74) is 14.3. The largest absolute Gasteiger partial charge is 0.409 e. The molecule has 0 spiro atoms. The molecule has 12 aromatic rings. The maximum Gasteiger partial charge on any atom is 0.409 e. The average Bonchev–Trinajstić information content (AvgIpc) is 3.83. The zero-order valence-corrected chi connectivity index (χ0v) is 32.5. The van der Waals surface area contributed by atoms with Crippen LogP contribution in [0, 0.1) is 0 Å². The lowest BCUT2D eigenvalue weighted by Crippen LogP contribution is -2.33. The van der Waals surface area contributed by atoms with Crippen LogP contribution in [0.15, 0.2) is 211 Å². The van der Waals surface area contributed by atoms with Gasteiger partial charge in [0.05, 0.1) is 22.1 Å². The van der Waals surface area contributed by atoms with Crippen molar-refractivity contribution in [2.24, 2.45) is 4.99 Å². The van der Waals surface area contributed by atoms with Crippen molar-refractivity contribution < 1.29 is 4.48 Å². The normalized spacial score (nSPS) is 12.2. The molecule has 0 saturated heterocycles. The number of hydrogen-bond donors (Lipinski definition) is 1. The van der Waals surface area contributed by atoms with Crippen LogP contribution >= 0.6 is 0 Å². The molecule has 6 heteroatoms. The SMILES string of the molecule is [B][n+]1c(N=c2ccc3cc(-c4ccc(-n5c6ccccc6c6ccccc65)cc4)ccc3[nH]2)ccc2cc(-c3ccc(-n4c5ccccc5c5ccccc54)cc3)ccc21. The van der Waals surface area contributed by atoms with Crippen LogP contribution in [-0.4, -0.2) is 22.1 Å². The zero-order chi connectivity index (χ0) is 39.7. The summed E-state index contributed by atoms with van der Waals surface area (Å²) in [6, 6.07) is 73.2. The molecule has 60 heavy (non-hydrogen) atoms. The third-order valence-electron chi connectivity index (χ3n) is 12.0. The number of fused-ring (bicyclic) bond motifs is 8. The number of H-pyrrole nitrogens is 1. The molecule has 4 heterocycles. The molecule has 8 aromatic carbocycles. The summed E-state index contributed by atoms with van der Waals surface area (Å²) >= 11 is 0. The Labute approximate surface area is 346 Å². The molecule has 0 amide bonds. The predicted octanol–water partition coefficient (Wildman–Crippen LogP) is 12.3. The van der Waals surface area contributed by atoms with E-state index in [1.165, 1.54) is 43.6 Å². The lowest BCUT2D eigenvalue weighted by molar-refractivity contribution is -0.476. The summed E-state index contributed by atoms with van der Waals surface area (Å²) in [6.45, 7) is 0. The second-order valence-corrected chi connectivity index (χ2v) is 15.4. The van der Waals surface area contributed by atoms with Crippen LogP contribution in [0.1, 0.15) is 0 Å². The van der Waals surface area contributed by atoms with Gasteiger partial charge in [0.25, 0.3) is 0 Å². The van der Waals surface area contributed by atoms with E-state index in [2.05, 4.69) is 208 Å². The van der Waals surface area contributed by atoms with Crippen LogP contribution in [0.25, 0.3) is 99.0 Å². The molecule has 0 fully saturated rings. The van der Waals surface area contributed by atoms with Crippen LogP contribution in [0.2, 0.25) is 0 Å². The van der Waals surface area contributed by atoms with Gasteiger partial charge in [0.1, 0.15) is 5.52 Å². The fraction of sp³-hybridized carbons (Fsp3) is 0. The Bertz CT molecular complexity index is 3620. The zero-order valence-electron chi connectivity index (χ0n) is 32.5. The van der Waals surface area contributed by atoms with Gasteiger partial charge in [-0.1, -0.05) is 109 Å². The average molecular weight is 765 g/mol. The maximum atomic E-state index is 6.72. The fourth-order valence-electron chi connectivity index (χ4n) is 9.08. The van der Waals surface area contributed by atoms with Crippen LogP contribution in [0.5, 0.6) is 0 Å². The third kappa shape index (κ3) is 5.49. The van der Waals surface area contributed by atoms with E-state index in [0.717, 1.165) is 60.9 Å². The molecule has 0 atom stereocenters. The van der Waals surface area contributed by atoms with Gasteiger partial charge in [-0.15, -0.1) is 0 Å². The highest BCUT2D eigenvalue weighted by Gasteiger charge is 2.15. The standard InChI is InChI=1S/C54H35BN5/c55-60-48-30-22-38(36-19-27-42(28-20-36)59-51-15-7-3-11-45(51)46-12-4-8-16-52(46)59)34-40(48)24-32-54(60)57-53-31-23-39-33-37(21-29-47(39)56-53)35-17-25-41(26-18-35)58-49-13-5-1-9-43(49)44-10-2-6-14-50(44)58/h1-34H,(H,56,57)/q+1. The smallest absolute Gasteiger partial charge is 0.319 e. The van der Waals surface area contributed by atoms with Crippen molar-refractivity contribution in [3.63, 3.8) is 0 Å². The number of rotatable bonds is 5. The van der Waals surface area contributed by atoms with E-state index in [0.29, 0.717) is 5.82 Å². The van der Waals surface area contributed by atoms with Gasteiger partial charge in [0.2, 0.25) is 5.49 Å². The Morgan fingerprint density at radius 3 is 1.35 bits per heavy atom. The van der Waals surface area contributed by atoms with E-state index in [9.17, 15) is 0 Å². The molecule has 0 saturated carbocycles. The quantitative estimate of drug-likeness (QED) is 0.170. The Hall–Kier alpha value is -7.96. The Morgan fingerprint density at radius 1 is 0.400 bits per heavy atom. The fourth-order valence-corrected chi connectivity index (χ4v) is 9.08. The number of aromatic nitrogens is 4. The van der Waals surface area contributed by atoms with Crippen LogP contribution < -0.4 is 9.97 Å². The summed E-state index contributed by atoms with van der Waals surface area (Å²) in [5.74, 6) is 0.654. The number of nitrogens with one attached hydrogen (secondary N) is 1. The lowest BCUT2D eigenvalue weighted by Gasteiger charge is -2.10. The number of aromatic amines is 1. The van der Waals surface area contributed by atoms with E-state index < -0.39 is 0 Å². The molecule has 0 aliphatic rings.